The molecule has 18 heavy (non-hydrogen) atoms. The number of aromatic nitrogens is 3. The van der Waals surface area contributed by atoms with Gasteiger partial charge in [-0.05, 0) is 12.8 Å². The maximum atomic E-state index is 12.1. The summed E-state index contributed by atoms with van der Waals surface area (Å²) in [5, 5.41) is 0. The van der Waals surface area contributed by atoms with E-state index in [-0.39, 0.29) is 6.54 Å². The molecule has 0 saturated heterocycles. The highest BCUT2D eigenvalue weighted by molar-refractivity contribution is 4.82. The molecule has 2 heterocycles. The SMILES string of the molecule is C=CCn1c(=O)n2c(=O)n(c1=O)CCCCCC2. The van der Waals surface area contributed by atoms with Gasteiger partial charge < -0.3 is 0 Å². The van der Waals surface area contributed by atoms with Crippen molar-refractivity contribution in [2.45, 2.75) is 45.3 Å². The molecular weight excluding hydrogens is 234 g/mol. The van der Waals surface area contributed by atoms with Crippen LogP contribution in [0, 0.1) is 0 Å². The molecule has 2 rings (SSSR count). The van der Waals surface area contributed by atoms with E-state index in [0.717, 1.165) is 39.4 Å². The van der Waals surface area contributed by atoms with Gasteiger partial charge in [-0.3, -0.25) is 0 Å². The average molecular weight is 251 g/mol. The Morgan fingerprint density at radius 3 is 1.83 bits per heavy atom. The molecule has 0 aliphatic carbocycles. The van der Waals surface area contributed by atoms with Crippen molar-refractivity contribution in [3.63, 3.8) is 0 Å². The molecule has 0 spiro atoms. The zero-order valence-electron chi connectivity index (χ0n) is 10.3. The van der Waals surface area contributed by atoms with Crippen molar-refractivity contribution in [1.29, 1.82) is 0 Å². The van der Waals surface area contributed by atoms with E-state index in [2.05, 4.69) is 6.58 Å². The molecule has 0 N–H and O–H groups in total. The Morgan fingerprint density at radius 2 is 1.39 bits per heavy atom. The highest BCUT2D eigenvalue weighted by Crippen LogP contribution is 2.02. The van der Waals surface area contributed by atoms with Crippen LogP contribution in [0.15, 0.2) is 27.0 Å². The van der Waals surface area contributed by atoms with Gasteiger partial charge in [0.2, 0.25) is 0 Å². The van der Waals surface area contributed by atoms with Crippen LogP contribution in [-0.2, 0) is 19.6 Å². The predicted octanol–water partition coefficient (Wildman–Crippen LogP) is -0.0683. The molecule has 1 aliphatic heterocycles. The van der Waals surface area contributed by atoms with Crippen LogP contribution in [0.3, 0.4) is 0 Å². The lowest BCUT2D eigenvalue weighted by Crippen LogP contribution is -2.54. The van der Waals surface area contributed by atoms with Crippen LogP contribution < -0.4 is 17.1 Å². The number of fused-ring (bicyclic) bond motifs is 2. The zero-order valence-corrected chi connectivity index (χ0v) is 10.3. The number of nitrogens with zero attached hydrogens (tertiary/aromatic N) is 3. The standard InChI is InChI=1S/C12H17N3O3/c1-2-7-13-10(16)14-8-5-3-4-6-9-15(11(13)17)12(14)18/h2H,1,3-9H2. The normalized spacial score (nSPS) is 15.6. The highest BCUT2D eigenvalue weighted by Gasteiger charge is 2.15. The maximum Gasteiger partial charge on any atom is 0.336 e. The van der Waals surface area contributed by atoms with E-state index in [0.29, 0.717) is 13.1 Å². The average Bonchev–Trinajstić information content (AvgIpc) is 2.42. The fourth-order valence-electron chi connectivity index (χ4n) is 2.24. The van der Waals surface area contributed by atoms with E-state index < -0.39 is 17.1 Å². The molecule has 6 heteroatoms. The second kappa shape index (κ2) is 5.20. The summed E-state index contributed by atoms with van der Waals surface area (Å²) in [6.45, 7) is 4.43. The lowest BCUT2D eigenvalue weighted by Gasteiger charge is -2.10. The van der Waals surface area contributed by atoms with Gasteiger partial charge in [-0.2, -0.15) is 0 Å². The van der Waals surface area contributed by atoms with E-state index >= 15 is 0 Å². The van der Waals surface area contributed by atoms with E-state index in [9.17, 15) is 14.4 Å². The second-order valence-corrected chi connectivity index (χ2v) is 4.46. The molecule has 0 fully saturated rings. The molecule has 0 saturated carbocycles. The molecule has 6 nitrogen and oxygen atoms in total. The molecule has 98 valence electrons. The molecule has 0 aromatic carbocycles. The summed E-state index contributed by atoms with van der Waals surface area (Å²) < 4.78 is 3.39. The van der Waals surface area contributed by atoms with Crippen LogP contribution in [-0.4, -0.2) is 13.7 Å². The fraction of sp³-hybridized carbons (Fsp3) is 0.583. The van der Waals surface area contributed by atoms with E-state index in [1.54, 1.807) is 0 Å². The first-order valence-electron chi connectivity index (χ1n) is 6.22. The third-order valence-corrected chi connectivity index (χ3v) is 3.21. The van der Waals surface area contributed by atoms with Gasteiger partial charge in [-0.25, -0.2) is 28.1 Å². The number of allylic oxidation sites excluding steroid dienone is 1. The molecule has 0 amide bonds. The predicted molar refractivity (Wildman–Crippen MR) is 67.9 cm³/mol. The second-order valence-electron chi connectivity index (χ2n) is 4.46. The Bertz CT molecular complexity index is 575. The van der Waals surface area contributed by atoms with Crippen molar-refractivity contribution in [2.75, 3.05) is 0 Å². The largest absolute Gasteiger partial charge is 0.336 e. The smallest absolute Gasteiger partial charge is 0.247 e. The lowest BCUT2D eigenvalue weighted by molar-refractivity contribution is 0.465. The monoisotopic (exact) mass is 251 g/mol. The van der Waals surface area contributed by atoms with Crippen molar-refractivity contribution in [3.8, 4) is 0 Å². The van der Waals surface area contributed by atoms with Gasteiger partial charge in [0.15, 0.2) is 0 Å². The minimum Gasteiger partial charge on any atom is -0.247 e. The van der Waals surface area contributed by atoms with Crippen molar-refractivity contribution < 1.29 is 0 Å². The van der Waals surface area contributed by atoms with Gasteiger partial charge in [0, 0.05) is 13.1 Å². The van der Waals surface area contributed by atoms with Crippen LogP contribution in [0.4, 0.5) is 0 Å². The number of rotatable bonds is 2. The Morgan fingerprint density at radius 1 is 0.889 bits per heavy atom. The van der Waals surface area contributed by atoms with Crippen LogP contribution in [0.5, 0.6) is 0 Å². The van der Waals surface area contributed by atoms with Crippen LogP contribution in [0.2, 0.25) is 0 Å². The van der Waals surface area contributed by atoms with Crippen molar-refractivity contribution >= 4 is 0 Å². The first-order valence-corrected chi connectivity index (χ1v) is 6.22. The summed E-state index contributed by atoms with van der Waals surface area (Å²) in [6, 6.07) is 0. The van der Waals surface area contributed by atoms with Gasteiger partial charge >= 0.3 is 17.1 Å². The quantitative estimate of drug-likeness (QED) is 0.691. The number of hydrogen-bond donors (Lipinski definition) is 0. The topological polar surface area (TPSA) is 66.0 Å². The Balaban J connectivity index is 2.73. The lowest BCUT2D eigenvalue weighted by atomic mass is 10.2. The van der Waals surface area contributed by atoms with Crippen molar-refractivity contribution in [3.05, 3.63) is 44.1 Å². The molecule has 0 radical (unpaired) electrons. The van der Waals surface area contributed by atoms with Gasteiger partial charge in [0.05, 0.1) is 6.54 Å². The summed E-state index contributed by atoms with van der Waals surface area (Å²) in [5.41, 5.74) is -1.53. The molecular formula is C12H17N3O3. The van der Waals surface area contributed by atoms with Crippen molar-refractivity contribution in [1.82, 2.24) is 13.7 Å². The van der Waals surface area contributed by atoms with Crippen LogP contribution in [0.1, 0.15) is 25.7 Å². The molecule has 1 aromatic heterocycles. The van der Waals surface area contributed by atoms with E-state index in [1.165, 1.54) is 6.08 Å². The third-order valence-electron chi connectivity index (χ3n) is 3.21. The van der Waals surface area contributed by atoms with E-state index in [4.69, 9.17) is 0 Å². The van der Waals surface area contributed by atoms with Gasteiger partial charge in [0.1, 0.15) is 0 Å². The minimum atomic E-state index is -0.525. The summed E-state index contributed by atoms with van der Waals surface area (Å²) in [7, 11) is 0. The molecule has 1 aliphatic rings. The summed E-state index contributed by atoms with van der Waals surface area (Å²) in [6.07, 6.45) is 5.02. The van der Waals surface area contributed by atoms with Crippen LogP contribution in [0.25, 0.3) is 0 Å². The fourth-order valence-corrected chi connectivity index (χ4v) is 2.24. The highest BCUT2D eigenvalue weighted by atomic mass is 16.2. The van der Waals surface area contributed by atoms with Gasteiger partial charge in [-0.15, -0.1) is 6.58 Å². The summed E-state index contributed by atoms with van der Waals surface area (Å²) >= 11 is 0. The molecule has 1 aromatic rings. The summed E-state index contributed by atoms with van der Waals surface area (Å²) in [5.74, 6) is 0. The third kappa shape index (κ3) is 2.10. The van der Waals surface area contributed by atoms with E-state index in [1.807, 2.05) is 0 Å². The molecule has 2 bridgehead atoms. The Labute approximate surface area is 104 Å². The summed E-state index contributed by atoms with van der Waals surface area (Å²) in [4.78, 5) is 36.2. The minimum absolute atomic E-state index is 0.137. The molecule has 0 atom stereocenters. The van der Waals surface area contributed by atoms with Crippen molar-refractivity contribution in [2.24, 2.45) is 0 Å². The molecule has 0 unspecified atom stereocenters. The zero-order chi connectivity index (χ0) is 13.1. The van der Waals surface area contributed by atoms with Gasteiger partial charge in [0.25, 0.3) is 0 Å². The number of hydrogen-bond acceptors (Lipinski definition) is 3. The van der Waals surface area contributed by atoms with Crippen LogP contribution >= 0.6 is 0 Å². The Hall–Kier alpha value is -1.85. The first-order chi connectivity index (χ1) is 8.66. The first kappa shape index (κ1) is 12.6. The van der Waals surface area contributed by atoms with Gasteiger partial charge in [-0.1, -0.05) is 18.9 Å². The maximum absolute atomic E-state index is 12.1. The Kier molecular flexibility index (Phi) is 3.64.